The van der Waals surface area contributed by atoms with Gasteiger partial charge in [0.2, 0.25) is 0 Å². The van der Waals surface area contributed by atoms with Crippen LogP contribution in [0.15, 0.2) is 59.5 Å². The second kappa shape index (κ2) is 5.23. The van der Waals surface area contributed by atoms with Crippen LogP contribution in [0.25, 0.3) is 0 Å². The van der Waals surface area contributed by atoms with Crippen molar-refractivity contribution in [2.75, 3.05) is 0 Å². The third-order valence-electron chi connectivity index (χ3n) is 2.21. The van der Waals surface area contributed by atoms with E-state index in [1.807, 2.05) is 25.1 Å². The first kappa shape index (κ1) is 11.3. The fraction of sp³-hybridized carbons (Fsp3) is 0.0769. The molecule has 0 bridgehead atoms. The maximum atomic E-state index is 9.05. The first-order chi connectivity index (χ1) is 8.24. The molecule has 0 spiro atoms. The Morgan fingerprint density at radius 2 is 2.06 bits per heavy atom. The molecule has 17 heavy (non-hydrogen) atoms. The summed E-state index contributed by atoms with van der Waals surface area (Å²) in [5.41, 5.74) is 2.08. The van der Waals surface area contributed by atoms with Gasteiger partial charge in [-0.1, -0.05) is 6.07 Å². The summed E-state index contributed by atoms with van der Waals surface area (Å²) in [4.78, 5) is 8.37. The maximum Gasteiger partial charge on any atom is 0.151 e. The van der Waals surface area contributed by atoms with E-state index in [9.17, 15) is 0 Å². The van der Waals surface area contributed by atoms with Crippen LogP contribution in [0.1, 0.15) is 5.56 Å². The predicted molar refractivity (Wildman–Crippen MR) is 67.1 cm³/mol. The van der Waals surface area contributed by atoms with Gasteiger partial charge in [0.15, 0.2) is 5.82 Å². The van der Waals surface area contributed by atoms with Crippen LogP contribution in [0.3, 0.4) is 0 Å². The van der Waals surface area contributed by atoms with E-state index in [0.717, 1.165) is 16.2 Å². The zero-order valence-electron chi connectivity index (χ0n) is 9.49. The number of hydroxylamine groups is 2. The Labute approximate surface area is 99.9 Å². The average molecular weight is 227 g/mol. The van der Waals surface area contributed by atoms with Gasteiger partial charge in [0.25, 0.3) is 0 Å². The van der Waals surface area contributed by atoms with Gasteiger partial charge < -0.3 is 0 Å². The van der Waals surface area contributed by atoms with Crippen molar-refractivity contribution in [2.45, 2.75) is 6.92 Å². The van der Waals surface area contributed by atoms with Crippen LogP contribution < -0.4 is 0 Å². The van der Waals surface area contributed by atoms with Crippen molar-refractivity contribution in [2.24, 2.45) is 4.99 Å². The topological polar surface area (TPSA) is 48.7 Å². The number of aliphatic imine (C=N–C) groups is 1. The Morgan fingerprint density at radius 3 is 2.71 bits per heavy atom. The lowest BCUT2D eigenvalue weighted by atomic mass is 10.2. The number of nitrogens with zero attached hydrogens (tertiary/aromatic N) is 3. The Kier molecular flexibility index (Phi) is 3.47. The second-order valence-corrected chi connectivity index (χ2v) is 3.65. The van der Waals surface area contributed by atoms with Gasteiger partial charge in [-0.15, -0.1) is 0 Å². The van der Waals surface area contributed by atoms with E-state index in [2.05, 4.69) is 9.98 Å². The molecule has 0 saturated heterocycles. The van der Waals surface area contributed by atoms with E-state index in [0.29, 0.717) is 5.82 Å². The van der Waals surface area contributed by atoms with Crippen LogP contribution >= 0.6 is 0 Å². The molecule has 4 heteroatoms. The van der Waals surface area contributed by atoms with Crippen LogP contribution in [0, 0.1) is 6.92 Å². The minimum Gasteiger partial charge on any atom is -0.285 e. The van der Waals surface area contributed by atoms with Gasteiger partial charge in [-0.3, -0.25) is 5.21 Å². The molecule has 0 unspecified atom stereocenters. The Bertz CT molecular complexity index is 482. The number of allylic oxidation sites excluding steroid dienone is 4. The number of aryl methyl sites for hydroxylation is 1. The summed E-state index contributed by atoms with van der Waals surface area (Å²) in [5.74, 6) is 0.681. The summed E-state index contributed by atoms with van der Waals surface area (Å²) in [6.45, 7) is 1.99. The minimum absolute atomic E-state index is 0.681. The minimum atomic E-state index is 0.681. The Morgan fingerprint density at radius 1 is 1.29 bits per heavy atom. The summed E-state index contributed by atoms with van der Waals surface area (Å²) in [6.07, 6.45) is 12.0. The van der Waals surface area contributed by atoms with E-state index >= 15 is 0 Å². The third kappa shape index (κ3) is 3.39. The third-order valence-corrected chi connectivity index (χ3v) is 2.21. The van der Waals surface area contributed by atoms with Crippen molar-refractivity contribution in [1.29, 1.82) is 0 Å². The Hall–Kier alpha value is -2.20. The van der Waals surface area contributed by atoms with Crippen LogP contribution in [-0.4, -0.2) is 21.5 Å². The first-order valence-corrected chi connectivity index (χ1v) is 5.25. The van der Waals surface area contributed by atoms with Crippen molar-refractivity contribution in [1.82, 2.24) is 10.0 Å². The summed E-state index contributed by atoms with van der Waals surface area (Å²) in [5, 5.41) is 10.0. The number of hydrogen-bond donors (Lipinski definition) is 1. The van der Waals surface area contributed by atoms with Gasteiger partial charge in [-0.25, -0.2) is 15.0 Å². The summed E-state index contributed by atoms with van der Waals surface area (Å²) >= 11 is 0. The lowest BCUT2D eigenvalue weighted by Crippen LogP contribution is -2.04. The van der Waals surface area contributed by atoms with Gasteiger partial charge in [0.05, 0.1) is 0 Å². The number of hydrogen-bond acceptors (Lipinski definition) is 4. The standard InChI is InChI=1S/C13H13N3O/c1-11-2-3-13(15-10-11)14-7-4-12-5-8-16(17)9-6-12/h2-10,17H,1H3. The van der Waals surface area contributed by atoms with Crippen molar-refractivity contribution in [3.05, 3.63) is 60.1 Å². The summed E-state index contributed by atoms with van der Waals surface area (Å²) in [6, 6.07) is 3.84. The highest BCUT2D eigenvalue weighted by molar-refractivity contribution is 5.76. The fourth-order valence-corrected chi connectivity index (χ4v) is 1.28. The smallest absolute Gasteiger partial charge is 0.151 e. The SMILES string of the molecule is Cc1ccc(N=CC=C2C=CN(O)C=C2)nc1. The van der Waals surface area contributed by atoms with Gasteiger partial charge in [0.1, 0.15) is 0 Å². The highest BCUT2D eigenvalue weighted by Gasteiger charge is 1.94. The molecule has 4 nitrogen and oxygen atoms in total. The molecular weight excluding hydrogens is 214 g/mol. The molecule has 1 aromatic heterocycles. The van der Waals surface area contributed by atoms with E-state index < -0.39 is 0 Å². The summed E-state index contributed by atoms with van der Waals surface area (Å²) < 4.78 is 0. The maximum absolute atomic E-state index is 9.05. The van der Waals surface area contributed by atoms with Gasteiger partial charge in [-0.05, 0) is 42.4 Å². The molecule has 1 aliphatic rings. The van der Waals surface area contributed by atoms with Crippen molar-refractivity contribution in [3.63, 3.8) is 0 Å². The average Bonchev–Trinajstić information content (AvgIpc) is 2.34. The highest BCUT2D eigenvalue weighted by Crippen LogP contribution is 2.09. The van der Waals surface area contributed by atoms with Crippen molar-refractivity contribution in [3.8, 4) is 0 Å². The van der Waals surface area contributed by atoms with E-state index in [-0.39, 0.29) is 0 Å². The summed E-state index contributed by atoms with van der Waals surface area (Å²) in [7, 11) is 0. The molecule has 0 aliphatic carbocycles. The molecule has 86 valence electrons. The molecule has 1 aromatic rings. The number of pyridine rings is 1. The predicted octanol–water partition coefficient (Wildman–Crippen LogP) is 2.75. The molecule has 2 rings (SSSR count). The van der Waals surface area contributed by atoms with E-state index in [1.54, 1.807) is 37.0 Å². The van der Waals surface area contributed by atoms with E-state index in [4.69, 9.17) is 5.21 Å². The molecule has 0 fully saturated rings. The quantitative estimate of drug-likeness (QED) is 0.790. The molecule has 1 aliphatic heterocycles. The van der Waals surface area contributed by atoms with Gasteiger partial charge in [-0.2, -0.15) is 0 Å². The molecule has 0 aromatic carbocycles. The van der Waals surface area contributed by atoms with Gasteiger partial charge in [0, 0.05) is 24.8 Å². The van der Waals surface area contributed by atoms with Crippen molar-refractivity contribution >= 4 is 12.0 Å². The van der Waals surface area contributed by atoms with Crippen LogP contribution in [0.2, 0.25) is 0 Å². The normalized spacial score (nSPS) is 14.7. The fourth-order valence-electron chi connectivity index (χ4n) is 1.28. The molecule has 0 radical (unpaired) electrons. The largest absolute Gasteiger partial charge is 0.285 e. The Balaban J connectivity index is 2.02. The van der Waals surface area contributed by atoms with Crippen LogP contribution in [-0.2, 0) is 0 Å². The molecule has 0 saturated carbocycles. The zero-order chi connectivity index (χ0) is 12.1. The zero-order valence-corrected chi connectivity index (χ0v) is 9.49. The van der Waals surface area contributed by atoms with Crippen molar-refractivity contribution < 1.29 is 5.21 Å². The lowest BCUT2D eigenvalue weighted by Gasteiger charge is -2.08. The molecular formula is C13H13N3O. The number of aromatic nitrogens is 1. The number of rotatable bonds is 2. The van der Waals surface area contributed by atoms with Crippen LogP contribution in [0.4, 0.5) is 5.82 Å². The molecule has 1 N–H and O–H groups in total. The first-order valence-electron chi connectivity index (χ1n) is 5.25. The molecule has 2 heterocycles. The van der Waals surface area contributed by atoms with Crippen LogP contribution in [0.5, 0.6) is 0 Å². The lowest BCUT2D eigenvalue weighted by molar-refractivity contribution is 0.0105. The molecule has 0 amide bonds. The van der Waals surface area contributed by atoms with E-state index in [1.165, 1.54) is 0 Å². The van der Waals surface area contributed by atoms with Gasteiger partial charge >= 0.3 is 0 Å². The highest BCUT2D eigenvalue weighted by atomic mass is 16.5. The molecule has 0 atom stereocenters. The monoisotopic (exact) mass is 227 g/mol. The second-order valence-electron chi connectivity index (χ2n) is 3.65.